The van der Waals surface area contributed by atoms with Crippen LogP contribution in [0, 0.1) is 18.8 Å². The second-order valence-corrected chi connectivity index (χ2v) is 7.50. The first-order valence-electron chi connectivity index (χ1n) is 9.68. The number of benzene rings is 3. The van der Waals surface area contributed by atoms with E-state index in [9.17, 15) is 0 Å². The monoisotopic (exact) mass is 367 g/mol. The largest absolute Gasteiger partial charge is 0.378 e. The predicted octanol–water partition coefficient (Wildman–Crippen LogP) is 4.93. The smallest absolute Gasteiger partial charge is 0.180 e. The third-order valence-electron chi connectivity index (χ3n) is 5.26. The van der Waals surface area contributed by atoms with Crippen molar-refractivity contribution in [2.45, 2.75) is 18.9 Å². The van der Waals surface area contributed by atoms with E-state index in [1.165, 1.54) is 11.1 Å². The van der Waals surface area contributed by atoms with Crippen molar-refractivity contribution in [2.75, 3.05) is 25.6 Å². The van der Waals surface area contributed by atoms with Gasteiger partial charge in [0, 0.05) is 36.5 Å². The summed E-state index contributed by atoms with van der Waals surface area (Å²) in [5.74, 6) is 6.92. The van der Waals surface area contributed by atoms with E-state index in [2.05, 4.69) is 104 Å². The first kappa shape index (κ1) is 18.3. The van der Waals surface area contributed by atoms with E-state index in [-0.39, 0.29) is 0 Å². The lowest BCUT2D eigenvalue weighted by Gasteiger charge is -2.36. The van der Waals surface area contributed by atoms with Gasteiger partial charge in [-0.25, -0.2) is 0 Å². The fraction of sp³-hybridized carbons (Fsp3) is 0.231. The normalized spacial score (nSPS) is 18.0. The van der Waals surface area contributed by atoms with Crippen LogP contribution in [0.4, 0.5) is 5.69 Å². The third-order valence-corrected chi connectivity index (χ3v) is 5.26. The van der Waals surface area contributed by atoms with Gasteiger partial charge in [-0.15, -0.1) is 0 Å². The summed E-state index contributed by atoms with van der Waals surface area (Å²) in [5.41, 5.74) is 6.13. The van der Waals surface area contributed by atoms with E-state index in [4.69, 9.17) is 4.74 Å². The topological polar surface area (TPSA) is 12.5 Å². The molecule has 0 N–H and O–H groups in total. The van der Waals surface area contributed by atoms with E-state index in [1.54, 1.807) is 0 Å². The summed E-state index contributed by atoms with van der Waals surface area (Å²) in [6.45, 7) is 2.75. The summed E-state index contributed by atoms with van der Waals surface area (Å²) in [6, 6.07) is 25.3. The van der Waals surface area contributed by atoms with E-state index >= 15 is 0 Å². The van der Waals surface area contributed by atoms with Crippen LogP contribution in [0.25, 0.3) is 0 Å². The Kier molecular flexibility index (Phi) is 4.94. The molecule has 1 atom stereocenters. The van der Waals surface area contributed by atoms with Gasteiger partial charge in [-0.3, -0.25) is 0 Å². The highest BCUT2D eigenvalue weighted by Crippen LogP contribution is 2.39. The lowest BCUT2D eigenvalue weighted by Crippen LogP contribution is -2.35. The van der Waals surface area contributed by atoms with Gasteiger partial charge in [0.25, 0.3) is 0 Å². The molecule has 0 amide bonds. The van der Waals surface area contributed by atoms with Gasteiger partial charge in [-0.05, 0) is 48.7 Å². The fourth-order valence-electron chi connectivity index (χ4n) is 3.77. The number of fused-ring (bicyclic) bond motifs is 1. The van der Waals surface area contributed by atoms with Crippen LogP contribution in [0.5, 0.6) is 0 Å². The van der Waals surface area contributed by atoms with Crippen molar-refractivity contribution in [2.24, 2.45) is 0 Å². The number of anilines is 1. The molecule has 2 heteroatoms. The molecule has 0 aliphatic carbocycles. The van der Waals surface area contributed by atoms with Crippen LogP contribution in [0.3, 0.4) is 0 Å². The van der Waals surface area contributed by atoms with Gasteiger partial charge in [0.15, 0.2) is 5.60 Å². The molecule has 0 fully saturated rings. The highest BCUT2D eigenvalue weighted by molar-refractivity contribution is 5.57. The molecule has 28 heavy (non-hydrogen) atoms. The summed E-state index contributed by atoms with van der Waals surface area (Å²) in [6.07, 6.45) is 0.914. The average Bonchev–Trinajstić information content (AvgIpc) is 2.72. The lowest BCUT2D eigenvalue weighted by molar-refractivity contribution is 0.0161. The van der Waals surface area contributed by atoms with E-state index in [0.717, 1.165) is 28.8 Å². The molecule has 0 saturated heterocycles. The Balaban J connectivity index is 1.92. The molecule has 0 bridgehead atoms. The van der Waals surface area contributed by atoms with Crippen molar-refractivity contribution in [3.63, 3.8) is 0 Å². The highest BCUT2D eigenvalue weighted by atomic mass is 16.5. The minimum Gasteiger partial charge on any atom is -0.378 e. The summed E-state index contributed by atoms with van der Waals surface area (Å²) in [5, 5.41) is 0. The Labute approximate surface area is 167 Å². The molecule has 1 aliphatic rings. The van der Waals surface area contributed by atoms with Crippen molar-refractivity contribution < 1.29 is 4.74 Å². The van der Waals surface area contributed by atoms with E-state index in [1.807, 2.05) is 6.07 Å². The number of hydrogen-bond donors (Lipinski definition) is 0. The highest BCUT2D eigenvalue weighted by Gasteiger charge is 2.38. The minimum atomic E-state index is -0.759. The number of nitrogens with zero attached hydrogens (tertiary/aromatic N) is 1. The van der Waals surface area contributed by atoms with Crippen molar-refractivity contribution >= 4 is 5.69 Å². The van der Waals surface area contributed by atoms with Gasteiger partial charge in [-0.2, -0.15) is 0 Å². The molecule has 140 valence electrons. The average molecular weight is 367 g/mol. The van der Waals surface area contributed by atoms with Gasteiger partial charge in [0.2, 0.25) is 0 Å². The maximum atomic E-state index is 6.47. The van der Waals surface area contributed by atoms with E-state index < -0.39 is 5.60 Å². The zero-order valence-corrected chi connectivity index (χ0v) is 16.7. The number of ether oxygens (including phenoxy) is 1. The number of aryl methyl sites for hydroxylation is 1. The SMILES string of the molecule is Cc1cccc(C#C[C@@]2(c3cccc(N(C)C)c3)OCCc3ccccc32)c1. The summed E-state index contributed by atoms with van der Waals surface area (Å²) in [4.78, 5) is 2.11. The summed E-state index contributed by atoms with van der Waals surface area (Å²) >= 11 is 0. The van der Waals surface area contributed by atoms with Gasteiger partial charge >= 0.3 is 0 Å². The Bertz CT molecular complexity index is 1060. The second kappa shape index (κ2) is 7.54. The lowest BCUT2D eigenvalue weighted by atomic mass is 9.81. The number of rotatable bonds is 2. The van der Waals surface area contributed by atoms with Gasteiger partial charge < -0.3 is 9.64 Å². The van der Waals surface area contributed by atoms with Crippen molar-refractivity contribution in [3.05, 3.63) is 101 Å². The van der Waals surface area contributed by atoms with Crippen LogP contribution in [-0.4, -0.2) is 20.7 Å². The van der Waals surface area contributed by atoms with Crippen LogP contribution in [-0.2, 0) is 16.8 Å². The fourth-order valence-corrected chi connectivity index (χ4v) is 3.77. The number of hydrogen-bond acceptors (Lipinski definition) is 2. The third kappa shape index (κ3) is 3.42. The molecule has 0 radical (unpaired) electrons. The second-order valence-electron chi connectivity index (χ2n) is 7.50. The standard InChI is InChI=1S/C26H25NO/c1-20-8-6-9-21(18-20)14-16-26(23-11-7-12-24(19-23)27(2)3)25-13-5-4-10-22(25)15-17-28-26/h4-13,18-19H,15,17H2,1-3H3/t26-/m0/s1. The molecule has 0 aromatic heterocycles. The maximum Gasteiger partial charge on any atom is 0.180 e. The Morgan fingerprint density at radius 2 is 1.75 bits per heavy atom. The molecule has 2 nitrogen and oxygen atoms in total. The zero-order chi connectivity index (χ0) is 19.6. The first-order valence-corrected chi connectivity index (χ1v) is 9.68. The molecule has 4 rings (SSSR count). The Morgan fingerprint density at radius 1 is 0.929 bits per heavy atom. The first-order chi connectivity index (χ1) is 13.6. The molecule has 3 aromatic carbocycles. The van der Waals surface area contributed by atoms with Crippen LogP contribution >= 0.6 is 0 Å². The van der Waals surface area contributed by atoms with Crippen molar-refractivity contribution in [1.29, 1.82) is 0 Å². The van der Waals surface area contributed by atoms with Gasteiger partial charge in [0.05, 0.1) is 6.61 Å². The van der Waals surface area contributed by atoms with Crippen LogP contribution in [0.1, 0.15) is 27.8 Å². The molecular weight excluding hydrogens is 342 g/mol. The summed E-state index contributed by atoms with van der Waals surface area (Å²) < 4.78 is 6.47. The molecule has 1 aliphatic heterocycles. The maximum absolute atomic E-state index is 6.47. The van der Waals surface area contributed by atoms with Crippen molar-refractivity contribution in [1.82, 2.24) is 0 Å². The quantitative estimate of drug-likeness (QED) is 0.596. The molecule has 0 spiro atoms. The molecule has 0 unspecified atom stereocenters. The van der Waals surface area contributed by atoms with Gasteiger partial charge in [0.1, 0.15) is 0 Å². The van der Waals surface area contributed by atoms with Crippen LogP contribution < -0.4 is 4.90 Å². The van der Waals surface area contributed by atoms with Crippen molar-refractivity contribution in [3.8, 4) is 11.8 Å². The minimum absolute atomic E-state index is 0.658. The summed E-state index contributed by atoms with van der Waals surface area (Å²) in [7, 11) is 4.11. The predicted molar refractivity (Wildman–Crippen MR) is 116 cm³/mol. The molecule has 3 aromatic rings. The van der Waals surface area contributed by atoms with Gasteiger partial charge in [-0.1, -0.05) is 60.4 Å². The van der Waals surface area contributed by atoms with E-state index in [0.29, 0.717) is 6.61 Å². The molecule has 1 heterocycles. The molecular formula is C26H25NO. The Morgan fingerprint density at radius 3 is 2.57 bits per heavy atom. The Hall–Kier alpha value is -3.02. The van der Waals surface area contributed by atoms with Crippen LogP contribution in [0.15, 0.2) is 72.8 Å². The van der Waals surface area contributed by atoms with Crippen LogP contribution in [0.2, 0.25) is 0 Å². The zero-order valence-electron chi connectivity index (χ0n) is 16.7. The molecule has 0 saturated carbocycles.